The van der Waals surface area contributed by atoms with Crippen LogP contribution in [0.15, 0.2) is 31.1 Å². The van der Waals surface area contributed by atoms with E-state index >= 15 is 0 Å². The molecule has 0 aromatic heterocycles. The Labute approximate surface area is 122 Å². The Morgan fingerprint density at radius 3 is 0.950 bits per heavy atom. The molecule has 20 heavy (non-hydrogen) atoms. The van der Waals surface area contributed by atoms with Crippen molar-refractivity contribution >= 4 is 0 Å². The molecular weight excluding hydrogens is 252 g/mol. The van der Waals surface area contributed by atoms with Crippen molar-refractivity contribution < 1.29 is 0 Å². The summed E-state index contributed by atoms with van der Waals surface area (Å²) in [6.07, 6.45) is 15.5. The van der Waals surface area contributed by atoms with Crippen LogP contribution in [0.1, 0.15) is 77.0 Å². The summed E-state index contributed by atoms with van der Waals surface area (Å²) >= 11 is 0. The molecule has 0 unspecified atom stereocenters. The van der Waals surface area contributed by atoms with Gasteiger partial charge < -0.3 is 0 Å². The van der Waals surface area contributed by atoms with Crippen LogP contribution in [-0.2, 0) is 0 Å². The summed E-state index contributed by atoms with van der Waals surface area (Å²) in [6.45, 7) is 1.46. The molecule has 1 heterocycles. The van der Waals surface area contributed by atoms with Crippen molar-refractivity contribution in [2.75, 3.05) is 13.1 Å². The molecule has 114 valence electrons. The van der Waals surface area contributed by atoms with E-state index in [2.05, 4.69) is 31.1 Å². The Bertz CT molecular complexity index is 259. The predicted molar refractivity (Wildman–Crippen MR) is 79.7 cm³/mol. The van der Waals surface area contributed by atoms with Crippen molar-refractivity contribution in [2.45, 2.75) is 77.0 Å². The van der Waals surface area contributed by atoms with Gasteiger partial charge in [0.25, 0.3) is 0 Å². The Morgan fingerprint density at radius 1 is 0.300 bits per heavy atom. The van der Waals surface area contributed by atoms with Crippen LogP contribution in [0, 0.1) is 0 Å². The van der Waals surface area contributed by atoms with Crippen molar-refractivity contribution in [1.82, 2.24) is 0 Å². The fourth-order valence-corrected chi connectivity index (χ4v) is 2.31. The molecule has 1 rings (SSSR count). The highest BCUT2D eigenvalue weighted by Crippen LogP contribution is 2.12. The molecule has 6 nitrogen and oxygen atoms in total. The molecule has 0 spiro atoms. The first kappa shape index (κ1) is 16.9. The molecule has 0 aliphatic carbocycles. The van der Waals surface area contributed by atoms with E-state index in [1.165, 1.54) is 64.2 Å². The molecule has 0 radical (unpaired) electrons. The lowest BCUT2D eigenvalue weighted by molar-refractivity contribution is 0.539. The monoisotopic (exact) mass is 280 g/mol. The zero-order valence-electron chi connectivity index (χ0n) is 12.6. The Morgan fingerprint density at radius 2 is 0.600 bits per heavy atom. The van der Waals surface area contributed by atoms with Crippen LogP contribution in [0.2, 0.25) is 0 Å². The lowest BCUT2D eigenvalue weighted by Gasteiger charge is -2.02. The number of hydrogen-bond acceptors (Lipinski definition) is 6. The van der Waals surface area contributed by atoms with E-state index < -0.39 is 0 Å². The van der Waals surface area contributed by atoms with E-state index in [9.17, 15) is 0 Å². The zero-order valence-corrected chi connectivity index (χ0v) is 12.6. The van der Waals surface area contributed by atoms with Crippen LogP contribution in [0.5, 0.6) is 0 Å². The standard InChI is InChI=1S/C14H28N6/c1-2-4-6-8-10-12-14-16-18-20-19-17-15-13-11-9-7-5-3-1/h1-14H2/b17-15+,18-16+,20-19+. The summed E-state index contributed by atoms with van der Waals surface area (Å²) in [7, 11) is 0. The van der Waals surface area contributed by atoms with Crippen LogP contribution in [0.25, 0.3) is 0 Å². The SMILES string of the molecule is C1CCCCCCC/N=N/N=N/N=N/CCCCCC1. The predicted octanol–water partition coefficient (Wildman–Crippen LogP) is 5.87. The summed E-state index contributed by atoms with van der Waals surface area (Å²) in [4.78, 5) is 0. The fraction of sp³-hybridized carbons (Fsp3) is 1.00. The first-order chi connectivity index (χ1) is 10.0. The molecule has 0 aromatic rings. The first-order valence-electron chi connectivity index (χ1n) is 8.13. The highest BCUT2D eigenvalue weighted by atomic mass is 15.6. The van der Waals surface area contributed by atoms with Gasteiger partial charge in [-0.25, -0.2) is 0 Å². The van der Waals surface area contributed by atoms with Crippen LogP contribution in [-0.4, -0.2) is 13.1 Å². The normalized spacial score (nSPS) is 26.4. The third kappa shape index (κ3) is 11.9. The van der Waals surface area contributed by atoms with Crippen LogP contribution < -0.4 is 0 Å². The lowest BCUT2D eigenvalue weighted by atomic mass is 10.1. The van der Waals surface area contributed by atoms with Gasteiger partial charge in [0, 0.05) is 0 Å². The molecule has 0 fully saturated rings. The zero-order chi connectivity index (χ0) is 14.1. The molecule has 1 aliphatic rings. The fourth-order valence-electron chi connectivity index (χ4n) is 2.31. The van der Waals surface area contributed by atoms with Gasteiger partial charge in [0.2, 0.25) is 0 Å². The van der Waals surface area contributed by atoms with Gasteiger partial charge in [0.05, 0.1) is 13.1 Å². The average Bonchev–Trinajstić information content (AvgIpc) is 2.46. The topological polar surface area (TPSA) is 74.2 Å². The van der Waals surface area contributed by atoms with Gasteiger partial charge in [0.15, 0.2) is 0 Å². The highest BCUT2D eigenvalue weighted by Gasteiger charge is 1.94. The lowest BCUT2D eigenvalue weighted by Crippen LogP contribution is -1.85. The quantitative estimate of drug-likeness (QED) is 0.532. The number of hydrogen-bond donors (Lipinski definition) is 0. The first-order valence-corrected chi connectivity index (χ1v) is 8.13. The van der Waals surface area contributed by atoms with E-state index in [4.69, 9.17) is 0 Å². The molecule has 0 bridgehead atoms. The van der Waals surface area contributed by atoms with Crippen molar-refractivity contribution in [1.29, 1.82) is 0 Å². The highest BCUT2D eigenvalue weighted by molar-refractivity contribution is 4.50. The van der Waals surface area contributed by atoms with Gasteiger partial charge in [-0.3, -0.25) is 0 Å². The average molecular weight is 280 g/mol. The van der Waals surface area contributed by atoms with Gasteiger partial charge in [-0.05, 0) is 33.7 Å². The minimum atomic E-state index is 0.732. The van der Waals surface area contributed by atoms with Crippen molar-refractivity contribution in [3.63, 3.8) is 0 Å². The van der Waals surface area contributed by atoms with Crippen molar-refractivity contribution in [3.05, 3.63) is 0 Å². The summed E-state index contributed by atoms with van der Waals surface area (Å²) in [5.74, 6) is 0. The second-order valence-corrected chi connectivity index (χ2v) is 5.33. The molecule has 1 aliphatic heterocycles. The Hall–Kier alpha value is -1.20. The van der Waals surface area contributed by atoms with E-state index in [1.54, 1.807) is 0 Å². The molecule has 0 amide bonds. The second kappa shape index (κ2) is 14.2. The van der Waals surface area contributed by atoms with E-state index in [0.29, 0.717) is 0 Å². The Kier molecular flexibility index (Phi) is 12.0. The van der Waals surface area contributed by atoms with Gasteiger partial charge >= 0.3 is 0 Å². The summed E-state index contributed by atoms with van der Waals surface area (Å²) in [5.41, 5.74) is 0. The molecular formula is C14H28N6. The molecule has 0 saturated carbocycles. The maximum Gasteiger partial charge on any atom is 0.0621 e. The number of nitrogens with zero attached hydrogens (tertiary/aromatic N) is 6. The van der Waals surface area contributed by atoms with Gasteiger partial charge in [0.1, 0.15) is 0 Å². The third-order valence-corrected chi connectivity index (χ3v) is 3.51. The molecule has 0 N–H and O–H groups in total. The van der Waals surface area contributed by atoms with Crippen LogP contribution in [0.3, 0.4) is 0 Å². The third-order valence-electron chi connectivity index (χ3n) is 3.51. The van der Waals surface area contributed by atoms with Crippen molar-refractivity contribution in [2.24, 2.45) is 31.1 Å². The van der Waals surface area contributed by atoms with Crippen molar-refractivity contribution in [3.8, 4) is 0 Å². The van der Waals surface area contributed by atoms with Crippen LogP contribution in [0.4, 0.5) is 0 Å². The van der Waals surface area contributed by atoms with Crippen LogP contribution >= 0.6 is 0 Å². The summed E-state index contributed by atoms with van der Waals surface area (Å²) in [5, 5.41) is 22.0. The van der Waals surface area contributed by atoms with Gasteiger partial charge in [-0.2, -0.15) is 10.2 Å². The van der Waals surface area contributed by atoms with E-state index in [0.717, 1.165) is 25.9 Å². The number of rotatable bonds is 0. The molecule has 0 aromatic carbocycles. The Balaban J connectivity index is 2.18. The van der Waals surface area contributed by atoms with E-state index in [-0.39, 0.29) is 0 Å². The summed E-state index contributed by atoms with van der Waals surface area (Å²) in [6, 6.07) is 0. The minimum absolute atomic E-state index is 0.732. The maximum atomic E-state index is 3.92. The maximum absolute atomic E-state index is 3.92. The summed E-state index contributed by atoms with van der Waals surface area (Å²) < 4.78 is 0. The van der Waals surface area contributed by atoms with Gasteiger partial charge in [-0.1, -0.05) is 64.2 Å². The largest absolute Gasteiger partial charge is 0.167 e. The molecule has 0 atom stereocenters. The van der Waals surface area contributed by atoms with E-state index in [1.807, 2.05) is 0 Å². The minimum Gasteiger partial charge on any atom is -0.167 e. The second-order valence-electron chi connectivity index (χ2n) is 5.33. The van der Waals surface area contributed by atoms with Gasteiger partial charge in [-0.15, -0.1) is 0 Å². The molecule has 0 saturated heterocycles. The molecule has 6 heteroatoms. The smallest absolute Gasteiger partial charge is 0.0621 e.